The summed E-state index contributed by atoms with van der Waals surface area (Å²) in [5.41, 5.74) is 0. The van der Waals surface area contributed by atoms with Gasteiger partial charge in [-0.1, -0.05) is 5.16 Å². The molecule has 0 radical (unpaired) electrons. The lowest BCUT2D eigenvalue weighted by Gasteiger charge is -2.21. The van der Waals surface area contributed by atoms with Gasteiger partial charge in [-0.3, -0.25) is 0 Å². The van der Waals surface area contributed by atoms with Crippen LogP contribution < -0.4 is 5.32 Å². The maximum absolute atomic E-state index is 5.47. The van der Waals surface area contributed by atoms with Crippen LogP contribution in [0, 0.1) is 5.92 Å². The molecule has 0 amide bonds. The molecule has 19 heavy (non-hydrogen) atoms. The number of nitrogens with zero attached hydrogens (tertiary/aromatic N) is 2. The topological polar surface area (TPSA) is 60.2 Å². The fourth-order valence-corrected chi connectivity index (χ4v) is 2.98. The summed E-state index contributed by atoms with van der Waals surface area (Å²) in [6, 6.07) is 0. The van der Waals surface area contributed by atoms with E-state index in [4.69, 9.17) is 9.26 Å². The first-order valence-corrected chi connectivity index (χ1v) is 7.53. The standard InChI is InChI=1S/C14H23N3O2/c1-3-11(9-15-7-1)5-6-13-16-14(17-19-13)12-4-2-8-18-10-12/h11-12,15H,1-10H2. The van der Waals surface area contributed by atoms with Gasteiger partial charge in [0.25, 0.3) is 0 Å². The molecule has 0 bridgehead atoms. The highest BCUT2D eigenvalue weighted by atomic mass is 16.5. The van der Waals surface area contributed by atoms with E-state index >= 15 is 0 Å². The Kier molecular flexibility index (Phi) is 4.45. The minimum Gasteiger partial charge on any atom is -0.381 e. The van der Waals surface area contributed by atoms with Gasteiger partial charge in [0.05, 0.1) is 6.61 Å². The zero-order chi connectivity index (χ0) is 12.9. The van der Waals surface area contributed by atoms with E-state index in [1.165, 1.54) is 19.4 Å². The largest absolute Gasteiger partial charge is 0.381 e. The fourth-order valence-electron chi connectivity index (χ4n) is 2.98. The molecule has 1 aromatic rings. The van der Waals surface area contributed by atoms with E-state index in [9.17, 15) is 0 Å². The number of piperidine rings is 1. The van der Waals surface area contributed by atoms with Crippen molar-refractivity contribution in [3.63, 3.8) is 0 Å². The van der Waals surface area contributed by atoms with E-state index in [0.717, 1.165) is 63.1 Å². The van der Waals surface area contributed by atoms with Crippen molar-refractivity contribution in [3.8, 4) is 0 Å². The minimum atomic E-state index is 0.336. The molecular formula is C14H23N3O2. The van der Waals surface area contributed by atoms with E-state index in [1.807, 2.05) is 0 Å². The van der Waals surface area contributed by atoms with Gasteiger partial charge >= 0.3 is 0 Å². The molecule has 0 aromatic carbocycles. The maximum Gasteiger partial charge on any atom is 0.226 e. The first-order chi connectivity index (χ1) is 9.42. The third-order valence-corrected chi connectivity index (χ3v) is 4.17. The van der Waals surface area contributed by atoms with Crippen LogP contribution in [0.5, 0.6) is 0 Å². The molecule has 2 fully saturated rings. The molecule has 3 rings (SSSR count). The van der Waals surface area contributed by atoms with Crippen LogP contribution in [-0.2, 0) is 11.2 Å². The highest BCUT2D eigenvalue weighted by molar-refractivity contribution is 4.97. The molecule has 5 heteroatoms. The van der Waals surface area contributed by atoms with Crippen LogP contribution >= 0.6 is 0 Å². The molecule has 0 aliphatic carbocycles. The predicted molar refractivity (Wildman–Crippen MR) is 71.0 cm³/mol. The maximum atomic E-state index is 5.47. The van der Waals surface area contributed by atoms with Crippen molar-refractivity contribution in [2.45, 2.75) is 44.4 Å². The van der Waals surface area contributed by atoms with Crippen LogP contribution in [0.4, 0.5) is 0 Å². The van der Waals surface area contributed by atoms with Crippen LogP contribution in [0.3, 0.4) is 0 Å². The summed E-state index contributed by atoms with van der Waals surface area (Å²) in [4.78, 5) is 4.54. The highest BCUT2D eigenvalue weighted by Crippen LogP contribution is 2.23. The summed E-state index contributed by atoms with van der Waals surface area (Å²) >= 11 is 0. The number of aromatic nitrogens is 2. The van der Waals surface area contributed by atoms with Gasteiger partial charge in [-0.15, -0.1) is 0 Å². The van der Waals surface area contributed by atoms with E-state index in [2.05, 4.69) is 15.5 Å². The van der Waals surface area contributed by atoms with E-state index < -0.39 is 0 Å². The molecule has 5 nitrogen and oxygen atoms in total. The van der Waals surface area contributed by atoms with Crippen LogP contribution in [0.25, 0.3) is 0 Å². The summed E-state index contributed by atoms with van der Waals surface area (Å²) in [7, 11) is 0. The second-order valence-corrected chi connectivity index (χ2v) is 5.71. The number of hydrogen-bond donors (Lipinski definition) is 1. The van der Waals surface area contributed by atoms with Crippen molar-refractivity contribution in [2.24, 2.45) is 5.92 Å². The van der Waals surface area contributed by atoms with Crippen molar-refractivity contribution in [3.05, 3.63) is 11.7 Å². The monoisotopic (exact) mass is 265 g/mol. The SMILES string of the molecule is C1CNCC(CCc2nc(C3CCCOC3)no2)C1. The first kappa shape index (κ1) is 13.1. The molecule has 2 saturated heterocycles. The molecule has 1 N–H and O–H groups in total. The normalized spacial score (nSPS) is 28.4. The fraction of sp³-hybridized carbons (Fsp3) is 0.857. The van der Waals surface area contributed by atoms with Crippen molar-refractivity contribution in [1.82, 2.24) is 15.5 Å². The smallest absolute Gasteiger partial charge is 0.226 e. The van der Waals surface area contributed by atoms with Crippen LogP contribution in [0.1, 0.15) is 49.7 Å². The third-order valence-electron chi connectivity index (χ3n) is 4.17. The zero-order valence-electron chi connectivity index (χ0n) is 11.4. The van der Waals surface area contributed by atoms with Crippen molar-refractivity contribution < 1.29 is 9.26 Å². The first-order valence-electron chi connectivity index (χ1n) is 7.53. The molecule has 2 aliphatic heterocycles. The highest BCUT2D eigenvalue weighted by Gasteiger charge is 2.22. The number of rotatable bonds is 4. The molecule has 0 spiro atoms. The molecule has 1 aromatic heterocycles. The summed E-state index contributed by atoms with van der Waals surface area (Å²) in [6.45, 7) is 3.92. The summed E-state index contributed by atoms with van der Waals surface area (Å²) in [5, 5.41) is 7.57. The Bertz CT molecular complexity index is 382. The quantitative estimate of drug-likeness (QED) is 0.901. The molecular weight excluding hydrogens is 242 g/mol. The summed E-state index contributed by atoms with van der Waals surface area (Å²) in [6.07, 6.45) is 6.89. The number of ether oxygens (including phenoxy) is 1. The summed E-state index contributed by atoms with van der Waals surface area (Å²) in [5.74, 6) is 2.74. The molecule has 2 unspecified atom stereocenters. The average molecular weight is 265 g/mol. The van der Waals surface area contributed by atoms with E-state index in [1.54, 1.807) is 0 Å². The van der Waals surface area contributed by atoms with Gasteiger partial charge < -0.3 is 14.6 Å². The van der Waals surface area contributed by atoms with E-state index in [-0.39, 0.29) is 0 Å². The molecule has 106 valence electrons. The number of aryl methyl sites for hydroxylation is 1. The number of nitrogens with one attached hydrogen (secondary N) is 1. The van der Waals surface area contributed by atoms with Gasteiger partial charge in [0.1, 0.15) is 0 Å². The lowest BCUT2D eigenvalue weighted by atomic mass is 9.95. The Morgan fingerprint density at radius 3 is 3.05 bits per heavy atom. The van der Waals surface area contributed by atoms with Gasteiger partial charge in [0, 0.05) is 18.9 Å². The van der Waals surface area contributed by atoms with Crippen LogP contribution in [0.2, 0.25) is 0 Å². The van der Waals surface area contributed by atoms with Gasteiger partial charge in [0.15, 0.2) is 5.82 Å². The third kappa shape index (κ3) is 3.54. The second-order valence-electron chi connectivity index (χ2n) is 5.71. The lowest BCUT2D eigenvalue weighted by Crippen LogP contribution is -2.29. The second kappa shape index (κ2) is 6.48. The van der Waals surface area contributed by atoms with Gasteiger partial charge in [-0.05, 0) is 51.1 Å². The van der Waals surface area contributed by atoms with Crippen molar-refractivity contribution in [2.75, 3.05) is 26.3 Å². The Balaban J connectivity index is 1.49. The van der Waals surface area contributed by atoms with E-state index in [0.29, 0.717) is 5.92 Å². The zero-order valence-corrected chi connectivity index (χ0v) is 11.4. The number of hydrogen-bond acceptors (Lipinski definition) is 5. The Hall–Kier alpha value is -0.940. The Morgan fingerprint density at radius 1 is 1.26 bits per heavy atom. The lowest BCUT2D eigenvalue weighted by molar-refractivity contribution is 0.0773. The average Bonchev–Trinajstić information content (AvgIpc) is 2.96. The van der Waals surface area contributed by atoms with Gasteiger partial charge in [-0.25, -0.2) is 0 Å². The minimum absolute atomic E-state index is 0.336. The van der Waals surface area contributed by atoms with Crippen molar-refractivity contribution >= 4 is 0 Å². The summed E-state index contributed by atoms with van der Waals surface area (Å²) < 4.78 is 10.8. The predicted octanol–water partition coefficient (Wildman–Crippen LogP) is 1.90. The Labute approximate surface area is 114 Å². The molecule has 2 aliphatic rings. The van der Waals surface area contributed by atoms with Crippen molar-refractivity contribution in [1.29, 1.82) is 0 Å². The van der Waals surface area contributed by atoms with Crippen LogP contribution in [-0.4, -0.2) is 36.4 Å². The molecule has 2 atom stereocenters. The Morgan fingerprint density at radius 2 is 2.26 bits per heavy atom. The van der Waals surface area contributed by atoms with Gasteiger partial charge in [-0.2, -0.15) is 4.98 Å². The van der Waals surface area contributed by atoms with Gasteiger partial charge in [0.2, 0.25) is 5.89 Å². The van der Waals surface area contributed by atoms with Crippen LogP contribution in [0.15, 0.2) is 4.52 Å². The molecule has 3 heterocycles. The molecule has 0 saturated carbocycles.